The molecular weight excluding hydrogens is 222 g/mol. The molecule has 0 aromatic heterocycles. The Morgan fingerprint density at radius 3 is 2.94 bits per heavy atom. The van der Waals surface area contributed by atoms with Crippen molar-refractivity contribution in [1.82, 2.24) is 4.90 Å². The summed E-state index contributed by atoms with van der Waals surface area (Å²) < 4.78 is 5.21. The zero-order valence-corrected chi connectivity index (χ0v) is 9.42. The summed E-state index contributed by atoms with van der Waals surface area (Å²) in [6.45, 7) is 0.612. The summed E-state index contributed by atoms with van der Waals surface area (Å²) in [4.78, 5) is 23.7. The third-order valence-corrected chi connectivity index (χ3v) is 2.79. The number of cyclic esters (lactones) is 1. The highest BCUT2D eigenvalue weighted by atomic mass is 16.6. The molecule has 0 bridgehead atoms. The number of carboxylic acids is 1. The lowest BCUT2D eigenvalue weighted by Gasteiger charge is -2.29. The summed E-state index contributed by atoms with van der Waals surface area (Å²) in [5, 5.41) is 8.89. The van der Waals surface area contributed by atoms with Crippen LogP contribution in [0.25, 0.3) is 0 Å². The number of hydrogen-bond donors (Lipinski definition) is 1. The molecule has 5 heteroatoms. The monoisotopic (exact) mass is 235 g/mol. The van der Waals surface area contributed by atoms with Gasteiger partial charge in [-0.25, -0.2) is 9.59 Å². The number of carbonyl (C=O) groups excluding carboxylic acids is 1. The maximum atomic E-state index is 11.4. The van der Waals surface area contributed by atoms with Gasteiger partial charge in [-0.15, -0.1) is 0 Å². The summed E-state index contributed by atoms with van der Waals surface area (Å²) >= 11 is 0. The van der Waals surface area contributed by atoms with Crippen molar-refractivity contribution < 1.29 is 19.4 Å². The molecular formula is C12H13NO4. The Labute approximate surface area is 98.6 Å². The summed E-state index contributed by atoms with van der Waals surface area (Å²) in [6.07, 6.45) is -0.0503. The Hall–Kier alpha value is -2.04. The summed E-state index contributed by atoms with van der Waals surface area (Å²) in [7, 11) is 1.67. The van der Waals surface area contributed by atoms with Crippen molar-refractivity contribution in [2.75, 3.05) is 13.6 Å². The number of rotatable bonds is 2. The van der Waals surface area contributed by atoms with E-state index < -0.39 is 5.97 Å². The minimum absolute atomic E-state index is 0.206. The molecule has 1 N–H and O–H groups in total. The van der Waals surface area contributed by atoms with E-state index in [4.69, 9.17) is 9.84 Å². The molecule has 5 nitrogen and oxygen atoms in total. The number of aromatic carboxylic acids is 1. The standard InChI is InChI=1S/C12H13NO4/c1-13-6-5-10(17-12(13)16)8-3-2-4-9(7-8)11(14)15/h2-4,7,10H,5-6H2,1H3,(H,14,15). The first kappa shape index (κ1) is 11.4. The van der Waals surface area contributed by atoms with Crippen LogP contribution in [-0.2, 0) is 4.74 Å². The highest BCUT2D eigenvalue weighted by molar-refractivity contribution is 5.87. The van der Waals surface area contributed by atoms with Gasteiger partial charge in [0.1, 0.15) is 6.10 Å². The molecule has 1 heterocycles. The second-order valence-corrected chi connectivity index (χ2v) is 4.01. The van der Waals surface area contributed by atoms with Gasteiger partial charge in [-0.2, -0.15) is 0 Å². The molecule has 1 aromatic rings. The van der Waals surface area contributed by atoms with E-state index in [1.807, 2.05) is 0 Å². The van der Waals surface area contributed by atoms with Gasteiger partial charge in [-0.3, -0.25) is 0 Å². The minimum atomic E-state index is -0.980. The second-order valence-electron chi connectivity index (χ2n) is 4.01. The number of amides is 1. The van der Waals surface area contributed by atoms with Crippen LogP contribution in [0.15, 0.2) is 24.3 Å². The van der Waals surface area contributed by atoms with Crippen LogP contribution in [0.1, 0.15) is 28.4 Å². The van der Waals surface area contributed by atoms with E-state index in [-0.39, 0.29) is 17.8 Å². The molecule has 1 aromatic carbocycles. The molecule has 2 rings (SSSR count). The number of hydrogen-bond acceptors (Lipinski definition) is 3. The third-order valence-electron chi connectivity index (χ3n) is 2.79. The molecule has 90 valence electrons. The van der Waals surface area contributed by atoms with Crippen LogP contribution in [0, 0.1) is 0 Å². The lowest BCUT2D eigenvalue weighted by molar-refractivity contribution is 0.0324. The van der Waals surface area contributed by atoms with Crippen molar-refractivity contribution >= 4 is 12.1 Å². The van der Waals surface area contributed by atoms with Crippen LogP contribution < -0.4 is 0 Å². The number of carbonyl (C=O) groups is 2. The Kier molecular flexibility index (Phi) is 2.99. The Morgan fingerprint density at radius 1 is 1.53 bits per heavy atom. The van der Waals surface area contributed by atoms with Gasteiger partial charge in [0.05, 0.1) is 5.56 Å². The molecule has 1 atom stereocenters. The smallest absolute Gasteiger partial charge is 0.410 e. The maximum absolute atomic E-state index is 11.4. The SMILES string of the molecule is CN1CCC(c2cccc(C(=O)O)c2)OC1=O. The predicted octanol–water partition coefficient (Wildman–Crippen LogP) is 1.90. The first-order chi connectivity index (χ1) is 8.08. The van der Waals surface area contributed by atoms with Crippen LogP contribution in [0.2, 0.25) is 0 Å². The van der Waals surface area contributed by atoms with Crippen LogP contribution in [-0.4, -0.2) is 35.7 Å². The van der Waals surface area contributed by atoms with Gasteiger partial charge in [0.2, 0.25) is 0 Å². The fraction of sp³-hybridized carbons (Fsp3) is 0.333. The molecule has 0 aliphatic carbocycles. The van der Waals surface area contributed by atoms with Crippen molar-refractivity contribution in [3.63, 3.8) is 0 Å². The number of benzene rings is 1. The highest BCUT2D eigenvalue weighted by Crippen LogP contribution is 2.26. The first-order valence-corrected chi connectivity index (χ1v) is 5.33. The van der Waals surface area contributed by atoms with Gasteiger partial charge in [0, 0.05) is 20.0 Å². The van der Waals surface area contributed by atoms with E-state index in [1.54, 1.807) is 25.2 Å². The zero-order valence-electron chi connectivity index (χ0n) is 9.42. The van der Waals surface area contributed by atoms with Gasteiger partial charge in [-0.1, -0.05) is 12.1 Å². The first-order valence-electron chi connectivity index (χ1n) is 5.33. The van der Waals surface area contributed by atoms with Crippen molar-refractivity contribution in [2.45, 2.75) is 12.5 Å². The van der Waals surface area contributed by atoms with Crippen LogP contribution in [0.5, 0.6) is 0 Å². The number of ether oxygens (including phenoxy) is 1. The Bertz CT molecular complexity index is 458. The average molecular weight is 235 g/mol. The van der Waals surface area contributed by atoms with E-state index in [1.165, 1.54) is 11.0 Å². The number of nitrogens with zero attached hydrogens (tertiary/aromatic N) is 1. The van der Waals surface area contributed by atoms with Crippen molar-refractivity contribution in [1.29, 1.82) is 0 Å². The molecule has 0 radical (unpaired) electrons. The highest BCUT2D eigenvalue weighted by Gasteiger charge is 2.25. The van der Waals surface area contributed by atoms with Gasteiger partial charge < -0.3 is 14.7 Å². The molecule has 1 aliphatic rings. The fourth-order valence-corrected chi connectivity index (χ4v) is 1.78. The van der Waals surface area contributed by atoms with Crippen molar-refractivity contribution in [2.24, 2.45) is 0 Å². The largest absolute Gasteiger partial charge is 0.478 e. The van der Waals surface area contributed by atoms with E-state index >= 15 is 0 Å². The van der Waals surface area contributed by atoms with Crippen LogP contribution in [0.3, 0.4) is 0 Å². The topological polar surface area (TPSA) is 66.8 Å². The molecule has 17 heavy (non-hydrogen) atoms. The van der Waals surface area contributed by atoms with E-state index in [0.717, 1.165) is 5.56 Å². The summed E-state index contributed by atoms with van der Waals surface area (Å²) in [5.74, 6) is -0.980. The predicted molar refractivity (Wildman–Crippen MR) is 59.9 cm³/mol. The lowest BCUT2D eigenvalue weighted by atomic mass is 10.0. The Morgan fingerprint density at radius 2 is 2.29 bits per heavy atom. The quantitative estimate of drug-likeness (QED) is 0.850. The molecule has 1 saturated heterocycles. The summed E-state index contributed by atoms with van der Waals surface area (Å²) in [6, 6.07) is 6.49. The van der Waals surface area contributed by atoms with E-state index in [2.05, 4.69) is 0 Å². The Balaban J connectivity index is 2.20. The van der Waals surface area contributed by atoms with Gasteiger partial charge >= 0.3 is 12.1 Å². The molecule has 1 amide bonds. The summed E-state index contributed by atoms with van der Waals surface area (Å²) in [5.41, 5.74) is 0.934. The van der Waals surface area contributed by atoms with Crippen molar-refractivity contribution in [3.8, 4) is 0 Å². The molecule has 0 spiro atoms. The number of carboxylic acid groups (broad SMARTS) is 1. The van der Waals surface area contributed by atoms with Gasteiger partial charge in [0.25, 0.3) is 0 Å². The second kappa shape index (κ2) is 4.45. The van der Waals surface area contributed by atoms with Gasteiger partial charge in [-0.05, 0) is 17.7 Å². The lowest BCUT2D eigenvalue weighted by Crippen LogP contribution is -2.35. The van der Waals surface area contributed by atoms with Crippen LogP contribution in [0.4, 0.5) is 4.79 Å². The third kappa shape index (κ3) is 2.38. The molecule has 1 unspecified atom stereocenters. The molecule has 0 saturated carbocycles. The normalized spacial score (nSPS) is 19.9. The molecule has 1 fully saturated rings. The van der Waals surface area contributed by atoms with E-state index in [0.29, 0.717) is 13.0 Å². The van der Waals surface area contributed by atoms with Crippen molar-refractivity contribution in [3.05, 3.63) is 35.4 Å². The molecule has 1 aliphatic heterocycles. The minimum Gasteiger partial charge on any atom is -0.478 e. The fourth-order valence-electron chi connectivity index (χ4n) is 1.78. The van der Waals surface area contributed by atoms with Gasteiger partial charge in [0.15, 0.2) is 0 Å². The van der Waals surface area contributed by atoms with E-state index in [9.17, 15) is 9.59 Å². The average Bonchev–Trinajstić information content (AvgIpc) is 2.33. The van der Waals surface area contributed by atoms with Crippen LogP contribution >= 0.6 is 0 Å². The zero-order chi connectivity index (χ0) is 12.4. The maximum Gasteiger partial charge on any atom is 0.410 e.